The second-order valence-corrected chi connectivity index (χ2v) is 11.2. The number of carbonyl (C=O) groups excluding carboxylic acids is 2. The lowest BCUT2D eigenvalue weighted by Gasteiger charge is -2.31. The highest BCUT2D eigenvalue weighted by atomic mass is 32.1. The third-order valence-corrected chi connectivity index (χ3v) is 8.38. The lowest BCUT2D eigenvalue weighted by molar-refractivity contribution is -0.133. The molecule has 1 N–H and O–H groups in total. The zero-order chi connectivity index (χ0) is 25.3. The van der Waals surface area contributed by atoms with Crippen LogP contribution in [0.15, 0.2) is 35.7 Å². The summed E-state index contributed by atoms with van der Waals surface area (Å²) in [6.45, 7) is 6.37. The first-order chi connectivity index (χ1) is 17.5. The number of aryl methyl sites for hydroxylation is 1. The van der Waals surface area contributed by atoms with Gasteiger partial charge in [0.2, 0.25) is 5.91 Å². The van der Waals surface area contributed by atoms with Crippen molar-refractivity contribution in [1.82, 2.24) is 20.0 Å². The number of hydrogen-bond acceptors (Lipinski definition) is 4. The van der Waals surface area contributed by atoms with Crippen LogP contribution in [-0.2, 0) is 17.9 Å². The van der Waals surface area contributed by atoms with Gasteiger partial charge in [-0.3, -0.25) is 4.79 Å². The molecule has 0 bridgehead atoms. The molecule has 3 amide bonds. The molecule has 1 aliphatic heterocycles. The lowest BCUT2D eigenvalue weighted by atomic mass is 9.96. The molecule has 0 spiro atoms. The molecular formula is C28H39FN4O2S. The van der Waals surface area contributed by atoms with Gasteiger partial charge in [-0.25, -0.2) is 9.18 Å². The standard InChI is InChI=1S/C28H39FN4O2S/c1-22-13-18-36-26(22)20-33(19-23-9-11-24(29)12-10-23)27(34)21-32(17-16-31-14-5-6-15-31)28(35)30-25-7-3-2-4-8-25/h9-13,18,25H,2-8,14-17,19-21H2,1H3,(H,30,35). The van der Waals surface area contributed by atoms with Crippen molar-refractivity contribution in [3.63, 3.8) is 0 Å². The SMILES string of the molecule is Cc1ccsc1CN(Cc1ccc(F)cc1)C(=O)CN(CCN1CCCC1)C(=O)NC1CCCCC1. The molecule has 1 saturated carbocycles. The molecule has 0 atom stereocenters. The Morgan fingerprint density at radius 1 is 1.00 bits per heavy atom. The van der Waals surface area contributed by atoms with Gasteiger partial charge in [-0.05, 0) is 80.4 Å². The fourth-order valence-electron chi connectivity index (χ4n) is 5.08. The van der Waals surface area contributed by atoms with Gasteiger partial charge in [0.25, 0.3) is 0 Å². The van der Waals surface area contributed by atoms with Gasteiger partial charge >= 0.3 is 6.03 Å². The van der Waals surface area contributed by atoms with E-state index in [2.05, 4.69) is 16.3 Å². The molecular weight excluding hydrogens is 475 g/mol. The summed E-state index contributed by atoms with van der Waals surface area (Å²) in [6, 6.07) is 8.40. The summed E-state index contributed by atoms with van der Waals surface area (Å²) in [7, 11) is 0. The lowest BCUT2D eigenvalue weighted by Crippen LogP contribution is -2.51. The second kappa shape index (κ2) is 13.2. The minimum atomic E-state index is -0.293. The summed E-state index contributed by atoms with van der Waals surface area (Å²) >= 11 is 1.63. The van der Waals surface area contributed by atoms with Crippen molar-refractivity contribution in [1.29, 1.82) is 0 Å². The fraction of sp³-hybridized carbons (Fsp3) is 0.571. The van der Waals surface area contributed by atoms with E-state index in [9.17, 15) is 14.0 Å². The van der Waals surface area contributed by atoms with E-state index < -0.39 is 0 Å². The molecule has 2 fully saturated rings. The van der Waals surface area contributed by atoms with Crippen molar-refractivity contribution >= 4 is 23.3 Å². The van der Waals surface area contributed by atoms with Crippen LogP contribution in [0.5, 0.6) is 0 Å². The Labute approximate surface area is 218 Å². The highest BCUT2D eigenvalue weighted by Crippen LogP contribution is 2.21. The number of benzene rings is 1. The van der Waals surface area contributed by atoms with Crippen molar-refractivity contribution in [2.75, 3.05) is 32.7 Å². The van der Waals surface area contributed by atoms with E-state index in [1.807, 2.05) is 12.3 Å². The van der Waals surface area contributed by atoms with E-state index >= 15 is 0 Å². The molecule has 0 unspecified atom stereocenters. The predicted molar refractivity (Wildman–Crippen MR) is 142 cm³/mol. The number of nitrogens with zero attached hydrogens (tertiary/aromatic N) is 3. The summed E-state index contributed by atoms with van der Waals surface area (Å²) in [4.78, 5) is 34.0. The van der Waals surface area contributed by atoms with E-state index in [1.165, 1.54) is 31.4 Å². The summed E-state index contributed by atoms with van der Waals surface area (Å²) in [5.74, 6) is -0.384. The zero-order valence-electron chi connectivity index (χ0n) is 21.4. The highest BCUT2D eigenvalue weighted by Gasteiger charge is 2.26. The van der Waals surface area contributed by atoms with E-state index in [-0.39, 0.29) is 30.3 Å². The molecule has 4 rings (SSSR count). The van der Waals surface area contributed by atoms with E-state index in [1.54, 1.807) is 33.3 Å². The van der Waals surface area contributed by atoms with Crippen molar-refractivity contribution in [3.05, 3.63) is 57.5 Å². The van der Waals surface area contributed by atoms with Gasteiger partial charge < -0.3 is 20.0 Å². The molecule has 6 nitrogen and oxygen atoms in total. The minimum Gasteiger partial charge on any atom is -0.335 e. The molecule has 1 saturated heterocycles. The maximum Gasteiger partial charge on any atom is 0.318 e. The summed E-state index contributed by atoms with van der Waals surface area (Å²) in [5, 5.41) is 5.24. The maximum absolute atomic E-state index is 13.7. The van der Waals surface area contributed by atoms with E-state index in [0.29, 0.717) is 19.6 Å². The van der Waals surface area contributed by atoms with Gasteiger partial charge in [0, 0.05) is 30.6 Å². The fourth-order valence-corrected chi connectivity index (χ4v) is 6.00. The van der Waals surface area contributed by atoms with E-state index in [0.717, 1.165) is 61.3 Å². The van der Waals surface area contributed by atoms with Crippen LogP contribution < -0.4 is 5.32 Å². The number of amides is 3. The summed E-state index contributed by atoms with van der Waals surface area (Å²) < 4.78 is 13.5. The van der Waals surface area contributed by atoms with Crippen LogP contribution in [0.4, 0.5) is 9.18 Å². The molecule has 196 valence electrons. The number of thiophene rings is 1. The first kappa shape index (κ1) is 26.6. The average molecular weight is 515 g/mol. The van der Waals surface area contributed by atoms with Gasteiger partial charge in [0.15, 0.2) is 0 Å². The van der Waals surface area contributed by atoms with Crippen LogP contribution in [0.1, 0.15) is 60.9 Å². The predicted octanol–water partition coefficient (Wildman–Crippen LogP) is 5.16. The molecule has 36 heavy (non-hydrogen) atoms. The quantitative estimate of drug-likeness (QED) is 0.476. The van der Waals surface area contributed by atoms with Crippen molar-refractivity contribution in [3.8, 4) is 0 Å². The third-order valence-electron chi connectivity index (χ3n) is 7.37. The smallest absolute Gasteiger partial charge is 0.318 e. The van der Waals surface area contributed by atoms with Crippen LogP contribution in [-0.4, -0.2) is 65.4 Å². The van der Waals surface area contributed by atoms with Crippen molar-refractivity contribution < 1.29 is 14.0 Å². The van der Waals surface area contributed by atoms with Gasteiger partial charge in [-0.2, -0.15) is 0 Å². The molecule has 2 heterocycles. The largest absolute Gasteiger partial charge is 0.335 e. The molecule has 1 aromatic carbocycles. The topological polar surface area (TPSA) is 55.9 Å². The van der Waals surface area contributed by atoms with Crippen LogP contribution in [0.3, 0.4) is 0 Å². The number of rotatable bonds is 10. The van der Waals surface area contributed by atoms with Crippen LogP contribution in [0.2, 0.25) is 0 Å². The van der Waals surface area contributed by atoms with Gasteiger partial charge in [0.1, 0.15) is 12.4 Å². The minimum absolute atomic E-state index is 0.0397. The van der Waals surface area contributed by atoms with Gasteiger partial charge in [-0.15, -0.1) is 11.3 Å². The highest BCUT2D eigenvalue weighted by molar-refractivity contribution is 7.10. The third kappa shape index (κ3) is 7.77. The Morgan fingerprint density at radius 3 is 2.39 bits per heavy atom. The Kier molecular flexibility index (Phi) is 9.75. The zero-order valence-corrected chi connectivity index (χ0v) is 22.2. The first-order valence-corrected chi connectivity index (χ1v) is 14.2. The van der Waals surface area contributed by atoms with Crippen molar-refractivity contribution in [2.45, 2.75) is 71.0 Å². The maximum atomic E-state index is 13.7. The van der Waals surface area contributed by atoms with Crippen molar-refractivity contribution in [2.24, 2.45) is 0 Å². The molecule has 1 aliphatic carbocycles. The van der Waals surface area contributed by atoms with Crippen LogP contribution >= 0.6 is 11.3 Å². The first-order valence-electron chi connectivity index (χ1n) is 13.3. The average Bonchev–Trinajstić information content (AvgIpc) is 3.55. The number of hydrogen-bond donors (Lipinski definition) is 1. The number of nitrogens with one attached hydrogen (secondary N) is 1. The Hall–Kier alpha value is -2.45. The van der Waals surface area contributed by atoms with Gasteiger partial charge in [0.05, 0.1) is 6.54 Å². The van der Waals surface area contributed by atoms with Crippen LogP contribution in [0.25, 0.3) is 0 Å². The molecule has 1 aromatic heterocycles. The Morgan fingerprint density at radius 2 is 1.72 bits per heavy atom. The number of likely N-dealkylation sites (tertiary alicyclic amines) is 1. The Bertz CT molecular complexity index is 984. The molecule has 2 aromatic rings. The molecule has 0 radical (unpaired) electrons. The summed E-state index contributed by atoms with van der Waals surface area (Å²) in [6.07, 6.45) is 7.91. The second-order valence-electron chi connectivity index (χ2n) is 10.2. The van der Waals surface area contributed by atoms with E-state index in [4.69, 9.17) is 0 Å². The number of carbonyl (C=O) groups is 2. The monoisotopic (exact) mass is 514 g/mol. The number of urea groups is 1. The van der Waals surface area contributed by atoms with Crippen LogP contribution in [0, 0.1) is 12.7 Å². The summed E-state index contributed by atoms with van der Waals surface area (Å²) in [5.41, 5.74) is 2.02. The molecule has 2 aliphatic rings. The number of halogens is 1. The van der Waals surface area contributed by atoms with Gasteiger partial charge in [-0.1, -0.05) is 31.4 Å². The Balaban J connectivity index is 1.46. The normalized spacial score (nSPS) is 16.7. The molecule has 8 heteroatoms.